The molecule has 0 bridgehead atoms. The molecule has 0 N–H and O–H groups in total. The van der Waals surface area contributed by atoms with Crippen LogP contribution in [-0.2, 0) is 5.75 Å². The van der Waals surface area contributed by atoms with Crippen LogP contribution in [0, 0.1) is 3.57 Å². The number of ketones is 1. The van der Waals surface area contributed by atoms with Gasteiger partial charge in [0.2, 0.25) is 0 Å². The predicted octanol–water partition coefficient (Wildman–Crippen LogP) is 5.06. The lowest BCUT2D eigenvalue weighted by Gasteiger charge is -2.04. The van der Waals surface area contributed by atoms with E-state index < -0.39 is 0 Å². The van der Waals surface area contributed by atoms with Gasteiger partial charge in [-0.1, -0.05) is 41.9 Å². The third-order valence-electron chi connectivity index (χ3n) is 2.61. The van der Waals surface area contributed by atoms with E-state index in [9.17, 15) is 4.79 Å². The summed E-state index contributed by atoms with van der Waals surface area (Å²) in [7, 11) is 0. The minimum absolute atomic E-state index is 0.161. The van der Waals surface area contributed by atoms with Gasteiger partial charge in [0.1, 0.15) is 0 Å². The van der Waals surface area contributed by atoms with Crippen molar-refractivity contribution in [3.05, 3.63) is 68.3 Å². The molecule has 98 valence electrons. The number of hydrogen-bond donors (Lipinski definition) is 0. The normalized spacial score (nSPS) is 10.4. The van der Waals surface area contributed by atoms with E-state index in [-0.39, 0.29) is 5.78 Å². The van der Waals surface area contributed by atoms with E-state index in [0.29, 0.717) is 5.75 Å². The van der Waals surface area contributed by atoms with E-state index in [1.54, 1.807) is 11.8 Å². The standard InChI is InChI=1S/C15H12ClIOS/c16-14-4-2-1-3-12(14)9-19-10-15(18)11-5-7-13(17)8-6-11/h1-8H,9-10H2. The molecule has 0 amide bonds. The molecular weight excluding hydrogens is 391 g/mol. The molecule has 0 aliphatic carbocycles. The van der Waals surface area contributed by atoms with E-state index in [2.05, 4.69) is 22.6 Å². The highest BCUT2D eigenvalue weighted by Crippen LogP contribution is 2.21. The van der Waals surface area contributed by atoms with Crippen LogP contribution in [0.5, 0.6) is 0 Å². The van der Waals surface area contributed by atoms with Gasteiger partial charge >= 0.3 is 0 Å². The first-order valence-electron chi connectivity index (χ1n) is 5.77. The summed E-state index contributed by atoms with van der Waals surface area (Å²) < 4.78 is 1.14. The third-order valence-corrected chi connectivity index (χ3v) is 4.68. The maximum Gasteiger partial charge on any atom is 0.172 e. The Hall–Kier alpha value is -0.520. The van der Waals surface area contributed by atoms with E-state index in [1.165, 1.54) is 0 Å². The summed E-state index contributed by atoms with van der Waals surface area (Å²) in [4.78, 5) is 12.0. The first kappa shape index (κ1) is 14.9. The SMILES string of the molecule is O=C(CSCc1ccccc1Cl)c1ccc(I)cc1. The molecule has 0 saturated carbocycles. The van der Waals surface area contributed by atoms with E-state index in [4.69, 9.17) is 11.6 Å². The molecule has 2 aromatic carbocycles. The van der Waals surface area contributed by atoms with Gasteiger partial charge in [-0.2, -0.15) is 0 Å². The molecule has 0 atom stereocenters. The quantitative estimate of drug-likeness (QED) is 0.513. The lowest BCUT2D eigenvalue weighted by atomic mass is 10.2. The first-order chi connectivity index (χ1) is 9.16. The first-order valence-corrected chi connectivity index (χ1v) is 8.38. The summed E-state index contributed by atoms with van der Waals surface area (Å²) in [5.74, 6) is 1.40. The fraction of sp³-hybridized carbons (Fsp3) is 0.133. The van der Waals surface area contributed by atoms with Gasteiger partial charge < -0.3 is 0 Å². The molecule has 2 rings (SSSR count). The smallest absolute Gasteiger partial charge is 0.172 e. The van der Waals surface area contributed by atoms with Crippen molar-refractivity contribution in [2.24, 2.45) is 0 Å². The number of carbonyl (C=O) groups excluding carboxylic acids is 1. The molecule has 0 unspecified atom stereocenters. The average Bonchev–Trinajstić information content (AvgIpc) is 2.41. The van der Waals surface area contributed by atoms with Gasteiger partial charge in [-0.3, -0.25) is 4.79 Å². The molecule has 0 aromatic heterocycles. The van der Waals surface area contributed by atoms with Crippen LogP contribution in [-0.4, -0.2) is 11.5 Å². The Balaban J connectivity index is 1.88. The van der Waals surface area contributed by atoms with Crippen molar-refractivity contribution in [2.75, 3.05) is 5.75 Å². The summed E-state index contributed by atoms with van der Waals surface area (Å²) in [5.41, 5.74) is 1.84. The van der Waals surface area contributed by atoms with Gasteiger partial charge in [-0.05, 0) is 46.4 Å². The van der Waals surface area contributed by atoms with E-state index in [1.807, 2.05) is 48.5 Å². The lowest BCUT2D eigenvalue weighted by molar-refractivity contribution is 0.102. The van der Waals surface area contributed by atoms with Crippen LogP contribution < -0.4 is 0 Å². The second-order valence-electron chi connectivity index (χ2n) is 4.01. The largest absolute Gasteiger partial charge is 0.293 e. The maximum atomic E-state index is 12.0. The second-order valence-corrected chi connectivity index (χ2v) is 6.65. The van der Waals surface area contributed by atoms with Gasteiger partial charge in [-0.25, -0.2) is 0 Å². The highest BCUT2D eigenvalue weighted by molar-refractivity contribution is 14.1. The van der Waals surface area contributed by atoms with Gasteiger partial charge in [0.15, 0.2) is 5.78 Å². The number of rotatable bonds is 5. The zero-order chi connectivity index (χ0) is 13.7. The Labute approximate surface area is 135 Å². The van der Waals surface area contributed by atoms with Crippen LogP contribution in [0.25, 0.3) is 0 Å². The van der Waals surface area contributed by atoms with Crippen molar-refractivity contribution in [3.8, 4) is 0 Å². The van der Waals surface area contributed by atoms with Crippen LogP contribution >= 0.6 is 46.0 Å². The molecular formula is C15H12ClIOS. The lowest BCUT2D eigenvalue weighted by Crippen LogP contribution is -2.02. The van der Waals surface area contributed by atoms with Crippen molar-refractivity contribution in [1.29, 1.82) is 0 Å². The number of hydrogen-bond acceptors (Lipinski definition) is 2. The number of Topliss-reactive ketones (excluding diaryl/α,β-unsaturated/α-hetero) is 1. The van der Waals surface area contributed by atoms with Crippen molar-refractivity contribution >= 4 is 51.7 Å². The number of thioether (sulfide) groups is 1. The molecule has 0 aliphatic heterocycles. The molecule has 0 heterocycles. The van der Waals surface area contributed by atoms with Crippen molar-refractivity contribution in [2.45, 2.75) is 5.75 Å². The summed E-state index contributed by atoms with van der Waals surface area (Å²) in [5, 5.41) is 0.761. The minimum atomic E-state index is 0.161. The molecule has 2 aromatic rings. The highest BCUT2D eigenvalue weighted by atomic mass is 127. The van der Waals surface area contributed by atoms with Crippen molar-refractivity contribution < 1.29 is 4.79 Å². The number of halogens is 2. The van der Waals surface area contributed by atoms with Gasteiger partial charge in [-0.15, -0.1) is 11.8 Å². The van der Waals surface area contributed by atoms with Gasteiger partial charge in [0.05, 0.1) is 5.75 Å². The Bertz CT molecular complexity index is 569. The number of carbonyl (C=O) groups is 1. The van der Waals surface area contributed by atoms with Crippen LogP contribution in [0.3, 0.4) is 0 Å². The zero-order valence-corrected chi connectivity index (χ0v) is 13.8. The maximum absolute atomic E-state index is 12.0. The monoisotopic (exact) mass is 402 g/mol. The second kappa shape index (κ2) is 7.31. The fourth-order valence-corrected chi connectivity index (χ4v) is 3.16. The average molecular weight is 403 g/mol. The van der Waals surface area contributed by atoms with Crippen LogP contribution in [0.2, 0.25) is 5.02 Å². The van der Waals surface area contributed by atoms with E-state index in [0.717, 1.165) is 25.5 Å². The predicted molar refractivity (Wildman–Crippen MR) is 91.1 cm³/mol. The molecule has 0 spiro atoms. The third kappa shape index (κ3) is 4.51. The minimum Gasteiger partial charge on any atom is -0.293 e. The molecule has 0 saturated heterocycles. The van der Waals surface area contributed by atoms with Gasteiger partial charge in [0.25, 0.3) is 0 Å². The summed E-state index contributed by atoms with van der Waals surface area (Å²) in [6, 6.07) is 15.4. The summed E-state index contributed by atoms with van der Waals surface area (Å²) in [6.07, 6.45) is 0. The van der Waals surface area contributed by atoms with Crippen molar-refractivity contribution in [1.82, 2.24) is 0 Å². The highest BCUT2D eigenvalue weighted by Gasteiger charge is 2.06. The van der Waals surface area contributed by atoms with E-state index >= 15 is 0 Å². The van der Waals surface area contributed by atoms with Gasteiger partial charge in [0, 0.05) is 19.9 Å². The number of benzene rings is 2. The Morgan fingerprint density at radius 3 is 2.47 bits per heavy atom. The van der Waals surface area contributed by atoms with Crippen LogP contribution in [0.15, 0.2) is 48.5 Å². The molecule has 4 heteroatoms. The zero-order valence-electron chi connectivity index (χ0n) is 10.1. The Morgan fingerprint density at radius 1 is 1.11 bits per heavy atom. The summed E-state index contributed by atoms with van der Waals surface area (Å²) >= 11 is 9.90. The Morgan fingerprint density at radius 2 is 1.79 bits per heavy atom. The van der Waals surface area contributed by atoms with Crippen molar-refractivity contribution in [3.63, 3.8) is 0 Å². The molecule has 19 heavy (non-hydrogen) atoms. The Kier molecular flexibility index (Phi) is 5.73. The van der Waals surface area contributed by atoms with Crippen LogP contribution in [0.4, 0.5) is 0 Å². The topological polar surface area (TPSA) is 17.1 Å². The molecule has 1 nitrogen and oxygen atoms in total. The molecule has 0 fully saturated rings. The van der Waals surface area contributed by atoms with Crippen LogP contribution in [0.1, 0.15) is 15.9 Å². The molecule has 0 radical (unpaired) electrons. The fourth-order valence-electron chi connectivity index (χ4n) is 1.59. The molecule has 0 aliphatic rings. The summed E-state index contributed by atoms with van der Waals surface area (Å²) in [6.45, 7) is 0.